The molecule has 1 heterocycles. The number of alkyl halides is 6. The molecule has 0 unspecified atom stereocenters. The molecule has 0 aromatic heterocycles. The van der Waals surface area contributed by atoms with Crippen LogP contribution in [-0.2, 0) is 22.6 Å². The number of benzene rings is 2. The highest BCUT2D eigenvalue weighted by atomic mass is 19.4. The first-order valence-electron chi connectivity index (χ1n) is 9.31. The largest absolute Gasteiger partial charge is 0.416 e. The Hall–Kier alpha value is -2.79. The summed E-state index contributed by atoms with van der Waals surface area (Å²) in [4.78, 5) is 0. The van der Waals surface area contributed by atoms with Crippen molar-refractivity contribution in [3.8, 4) is 0 Å². The van der Waals surface area contributed by atoms with Crippen LogP contribution in [0.15, 0.2) is 54.9 Å². The molecule has 3 rings (SSSR count). The summed E-state index contributed by atoms with van der Waals surface area (Å²) in [6.07, 6.45) is -12.5. The lowest BCUT2D eigenvalue weighted by atomic mass is 9.89. The maximum Gasteiger partial charge on any atom is 0.416 e. The average Bonchev–Trinajstić information content (AvgIpc) is 2.99. The van der Waals surface area contributed by atoms with Crippen LogP contribution in [-0.4, -0.2) is 17.9 Å². The summed E-state index contributed by atoms with van der Waals surface area (Å²) >= 11 is 0. The summed E-state index contributed by atoms with van der Waals surface area (Å²) in [5.74, 6) is -0.336. The van der Waals surface area contributed by atoms with Gasteiger partial charge in [-0.25, -0.2) is 4.39 Å². The van der Waals surface area contributed by atoms with Gasteiger partial charge in [0.2, 0.25) is 0 Å². The van der Waals surface area contributed by atoms with Crippen LogP contribution in [0.3, 0.4) is 0 Å². The molecular formula is C21H19F7N2O2. The summed E-state index contributed by atoms with van der Waals surface area (Å²) in [7, 11) is 0. The predicted octanol–water partition coefficient (Wildman–Crippen LogP) is 4.82. The van der Waals surface area contributed by atoms with Gasteiger partial charge >= 0.3 is 12.4 Å². The minimum Gasteiger partial charge on any atom is -0.371 e. The first-order valence-corrected chi connectivity index (χ1v) is 9.31. The fourth-order valence-corrected chi connectivity index (χ4v) is 3.40. The molecule has 4 nitrogen and oxygen atoms in total. The van der Waals surface area contributed by atoms with Gasteiger partial charge in [0.15, 0.2) is 6.23 Å². The lowest BCUT2D eigenvalue weighted by molar-refractivity contribution is -0.143. The van der Waals surface area contributed by atoms with Gasteiger partial charge in [0.25, 0.3) is 0 Å². The molecule has 0 radical (unpaired) electrons. The van der Waals surface area contributed by atoms with Gasteiger partial charge < -0.3 is 20.5 Å². The van der Waals surface area contributed by atoms with Crippen LogP contribution in [0.2, 0.25) is 0 Å². The maximum atomic E-state index is 13.3. The lowest BCUT2D eigenvalue weighted by Crippen LogP contribution is -2.50. The molecule has 0 bridgehead atoms. The van der Waals surface area contributed by atoms with Gasteiger partial charge in [0.1, 0.15) is 11.4 Å². The van der Waals surface area contributed by atoms with Crippen molar-refractivity contribution in [2.45, 2.75) is 37.1 Å². The summed E-state index contributed by atoms with van der Waals surface area (Å²) < 4.78 is 97.8. The third-order valence-corrected chi connectivity index (χ3v) is 5.15. The standard InChI is InChI=1S/C21H19F7N2O2/c1-11(13-7-15(20(23,24)25)9-16(8-13)21(26,27)28)32-10-19(18(31)29-12(2)30-19)14-3-5-17(22)6-4-14/h3-9,11,18,29-31H,2,10H2,1H3/t11-,18-,19-/m1/s1. The zero-order valence-corrected chi connectivity index (χ0v) is 16.6. The zero-order chi connectivity index (χ0) is 23.9. The Morgan fingerprint density at radius 3 is 2.00 bits per heavy atom. The first-order chi connectivity index (χ1) is 14.7. The quantitative estimate of drug-likeness (QED) is 0.556. The summed E-state index contributed by atoms with van der Waals surface area (Å²) in [6.45, 7) is 4.55. The van der Waals surface area contributed by atoms with Crippen LogP contribution in [0.25, 0.3) is 0 Å². The molecule has 1 aliphatic rings. The molecule has 1 saturated heterocycles. The predicted molar refractivity (Wildman–Crippen MR) is 100 cm³/mol. The van der Waals surface area contributed by atoms with Crippen LogP contribution in [0.4, 0.5) is 30.7 Å². The van der Waals surface area contributed by atoms with E-state index in [9.17, 15) is 35.8 Å². The van der Waals surface area contributed by atoms with Crippen molar-refractivity contribution < 1.29 is 40.6 Å². The molecule has 2 aromatic carbocycles. The number of aliphatic hydroxyl groups is 1. The maximum absolute atomic E-state index is 13.3. The van der Waals surface area contributed by atoms with Crippen molar-refractivity contribution >= 4 is 0 Å². The second kappa shape index (κ2) is 8.28. The minimum atomic E-state index is -4.99. The average molecular weight is 464 g/mol. The molecule has 32 heavy (non-hydrogen) atoms. The Bertz CT molecular complexity index is 957. The fourth-order valence-electron chi connectivity index (χ4n) is 3.40. The Morgan fingerprint density at radius 1 is 1.03 bits per heavy atom. The second-order valence-corrected chi connectivity index (χ2v) is 7.42. The summed E-state index contributed by atoms with van der Waals surface area (Å²) in [5.41, 5.74) is -4.31. The van der Waals surface area contributed by atoms with Crippen molar-refractivity contribution in [3.63, 3.8) is 0 Å². The van der Waals surface area contributed by atoms with Gasteiger partial charge in [-0.05, 0) is 48.4 Å². The highest BCUT2D eigenvalue weighted by Gasteiger charge is 2.46. The fraction of sp³-hybridized carbons (Fsp3) is 0.333. The molecule has 174 valence electrons. The van der Waals surface area contributed by atoms with E-state index in [1.807, 2.05) is 0 Å². The van der Waals surface area contributed by atoms with Gasteiger partial charge in [0.05, 0.1) is 29.7 Å². The highest BCUT2D eigenvalue weighted by molar-refractivity contribution is 5.35. The van der Waals surface area contributed by atoms with Gasteiger partial charge in [-0.2, -0.15) is 26.3 Å². The Kier molecular flexibility index (Phi) is 6.18. The molecular weight excluding hydrogens is 445 g/mol. The van der Waals surface area contributed by atoms with Crippen LogP contribution in [0.1, 0.15) is 35.3 Å². The van der Waals surface area contributed by atoms with Crippen LogP contribution in [0.5, 0.6) is 0 Å². The van der Waals surface area contributed by atoms with E-state index in [1.54, 1.807) is 0 Å². The van der Waals surface area contributed by atoms with Crippen molar-refractivity contribution in [1.29, 1.82) is 0 Å². The third kappa shape index (κ3) is 4.83. The van der Waals surface area contributed by atoms with E-state index in [1.165, 1.54) is 19.1 Å². The van der Waals surface area contributed by atoms with E-state index in [-0.39, 0.29) is 24.1 Å². The molecule has 0 amide bonds. The van der Waals surface area contributed by atoms with Gasteiger partial charge in [-0.15, -0.1) is 0 Å². The number of ether oxygens (including phenoxy) is 1. The number of aliphatic hydroxyl groups excluding tert-OH is 1. The summed E-state index contributed by atoms with van der Waals surface area (Å²) in [6, 6.07) is 6.21. The van der Waals surface area contributed by atoms with E-state index in [4.69, 9.17) is 4.74 Å². The van der Waals surface area contributed by atoms with Crippen molar-refractivity contribution in [3.05, 3.63) is 82.9 Å². The Labute approximate surface area is 178 Å². The third-order valence-electron chi connectivity index (χ3n) is 5.15. The highest BCUT2D eigenvalue weighted by Crippen LogP contribution is 2.39. The molecule has 2 aromatic rings. The van der Waals surface area contributed by atoms with E-state index in [0.29, 0.717) is 17.7 Å². The molecule has 0 aliphatic carbocycles. The molecule has 3 atom stereocenters. The first kappa shape index (κ1) is 23.9. The minimum absolute atomic E-state index is 0.0341. The number of rotatable bonds is 5. The van der Waals surface area contributed by atoms with E-state index in [2.05, 4.69) is 17.2 Å². The molecule has 11 heteroatoms. The van der Waals surface area contributed by atoms with Gasteiger partial charge in [0, 0.05) is 0 Å². The van der Waals surface area contributed by atoms with Crippen LogP contribution < -0.4 is 10.6 Å². The monoisotopic (exact) mass is 464 g/mol. The Balaban J connectivity index is 1.92. The van der Waals surface area contributed by atoms with Crippen LogP contribution >= 0.6 is 0 Å². The molecule has 0 spiro atoms. The number of halogens is 7. The smallest absolute Gasteiger partial charge is 0.371 e. The zero-order valence-electron chi connectivity index (χ0n) is 16.6. The van der Waals surface area contributed by atoms with Crippen molar-refractivity contribution in [2.24, 2.45) is 0 Å². The molecule has 1 fully saturated rings. The SMILES string of the molecule is C=C1N[C@H](O)[C@@](CO[C@H](C)c2cc(C(F)(F)F)cc(C(F)(F)F)c2)(c2ccc(F)cc2)N1. The topological polar surface area (TPSA) is 53.5 Å². The molecule has 0 saturated carbocycles. The van der Waals surface area contributed by atoms with Gasteiger partial charge in [-0.1, -0.05) is 18.7 Å². The van der Waals surface area contributed by atoms with Gasteiger partial charge in [-0.3, -0.25) is 0 Å². The van der Waals surface area contributed by atoms with E-state index in [0.717, 1.165) is 12.1 Å². The van der Waals surface area contributed by atoms with Crippen molar-refractivity contribution in [1.82, 2.24) is 10.6 Å². The molecule has 1 aliphatic heterocycles. The number of hydrogen-bond acceptors (Lipinski definition) is 4. The van der Waals surface area contributed by atoms with E-state index >= 15 is 0 Å². The van der Waals surface area contributed by atoms with E-state index < -0.39 is 47.2 Å². The number of hydrogen-bond donors (Lipinski definition) is 3. The second-order valence-electron chi connectivity index (χ2n) is 7.42. The van der Waals surface area contributed by atoms with Crippen molar-refractivity contribution in [2.75, 3.05) is 6.61 Å². The van der Waals surface area contributed by atoms with Crippen LogP contribution in [0, 0.1) is 5.82 Å². The lowest BCUT2D eigenvalue weighted by Gasteiger charge is -2.33. The Morgan fingerprint density at radius 2 is 1.56 bits per heavy atom. The normalized spacial score (nSPS) is 22.4. The molecule has 3 N–H and O–H groups in total. The number of nitrogens with one attached hydrogen (secondary N) is 2. The summed E-state index contributed by atoms with van der Waals surface area (Å²) in [5, 5.41) is 16.0.